The van der Waals surface area contributed by atoms with Crippen LogP contribution in [0.1, 0.15) is 15.9 Å². The van der Waals surface area contributed by atoms with Crippen molar-refractivity contribution in [3.8, 4) is 0 Å². The molecule has 1 nitrogen and oxygen atoms in total. The summed E-state index contributed by atoms with van der Waals surface area (Å²) in [6.07, 6.45) is 0. The zero-order valence-corrected chi connectivity index (χ0v) is 10.7. The van der Waals surface area contributed by atoms with E-state index in [9.17, 15) is 4.79 Å². The maximum atomic E-state index is 11.8. The summed E-state index contributed by atoms with van der Waals surface area (Å²) >= 11 is 0. The molecule has 0 aromatic heterocycles. The minimum Gasteiger partial charge on any atom is -0.289 e. The molecule has 15 heavy (non-hydrogen) atoms. The van der Waals surface area contributed by atoms with Crippen LogP contribution in [0.15, 0.2) is 60.7 Å². The summed E-state index contributed by atoms with van der Waals surface area (Å²) in [6.45, 7) is 0. The number of carbonyl (C=O) groups excluding carboxylic acids is 1. The first kappa shape index (κ1) is 12.5. The number of ketones is 1. The summed E-state index contributed by atoms with van der Waals surface area (Å²) in [4.78, 5) is 11.8. The Hall–Kier alpha value is -0.552. The number of hydrogen-bond acceptors (Lipinski definition) is 1. The van der Waals surface area contributed by atoms with E-state index in [1.54, 1.807) is 0 Å². The van der Waals surface area contributed by atoms with Gasteiger partial charge in [-0.3, -0.25) is 4.79 Å². The van der Waals surface area contributed by atoms with Gasteiger partial charge in [0.1, 0.15) is 0 Å². The van der Waals surface area contributed by atoms with Crippen molar-refractivity contribution >= 4 is 5.78 Å². The van der Waals surface area contributed by atoms with Gasteiger partial charge in [0, 0.05) is 51.5 Å². The summed E-state index contributed by atoms with van der Waals surface area (Å²) in [5, 5.41) is 0. The number of carbonyl (C=O) groups is 1. The van der Waals surface area contributed by atoms with E-state index in [0.717, 1.165) is 11.1 Å². The van der Waals surface area contributed by atoms with Crippen LogP contribution in [0.4, 0.5) is 0 Å². The van der Waals surface area contributed by atoms with E-state index < -0.39 is 0 Å². The molecule has 2 aromatic rings. The van der Waals surface area contributed by atoms with Crippen molar-refractivity contribution in [2.45, 2.75) is 0 Å². The monoisotopic (exact) mass is 334 g/mol. The molecule has 0 saturated heterocycles. The van der Waals surface area contributed by atoms with E-state index in [2.05, 4.69) is 0 Å². The predicted octanol–water partition coefficient (Wildman–Crippen LogP) is 2.92. The number of rotatable bonds is 2. The van der Waals surface area contributed by atoms with Gasteiger partial charge in [0.2, 0.25) is 0 Å². The molecular formula is C13H10OSm. The van der Waals surface area contributed by atoms with Gasteiger partial charge in [-0.1, -0.05) is 60.7 Å². The molecular weight excluding hydrogens is 323 g/mol. The fourth-order valence-corrected chi connectivity index (χ4v) is 1.35. The molecule has 0 saturated carbocycles. The van der Waals surface area contributed by atoms with Crippen LogP contribution < -0.4 is 0 Å². The molecule has 0 aliphatic carbocycles. The van der Waals surface area contributed by atoms with E-state index in [-0.39, 0.29) is 46.2 Å². The van der Waals surface area contributed by atoms with Gasteiger partial charge in [0.05, 0.1) is 0 Å². The SMILES string of the molecule is O=C(c1ccccc1)c1ccccc1.[Sm]. The predicted molar refractivity (Wildman–Crippen MR) is 56.3 cm³/mol. The fraction of sp³-hybridized carbons (Fsp3) is 0. The second-order valence-electron chi connectivity index (χ2n) is 3.06. The Morgan fingerprint density at radius 3 is 1.33 bits per heavy atom. The standard InChI is InChI=1S/C13H10O.Sm/c14-13(11-7-3-1-4-8-11)12-9-5-2-6-10-12;/h1-10H;. The molecule has 0 atom stereocenters. The van der Waals surface area contributed by atoms with Crippen molar-refractivity contribution in [1.82, 2.24) is 0 Å². The first-order valence-electron chi connectivity index (χ1n) is 4.53. The summed E-state index contributed by atoms with van der Waals surface area (Å²) in [5.41, 5.74) is 1.47. The Labute approximate surface area is 122 Å². The molecule has 0 aliphatic rings. The molecule has 0 unspecified atom stereocenters. The van der Waals surface area contributed by atoms with Crippen LogP contribution in [-0.2, 0) is 0 Å². The summed E-state index contributed by atoms with van der Waals surface area (Å²) < 4.78 is 0. The third-order valence-corrected chi connectivity index (χ3v) is 2.07. The zero-order valence-electron chi connectivity index (χ0n) is 8.09. The molecule has 0 fully saturated rings. The van der Waals surface area contributed by atoms with E-state index in [4.69, 9.17) is 0 Å². The van der Waals surface area contributed by atoms with Crippen LogP contribution in [0.5, 0.6) is 0 Å². The van der Waals surface area contributed by atoms with Crippen molar-refractivity contribution in [2.24, 2.45) is 0 Å². The van der Waals surface area contributed by atoms with E-state index in [1.807, 2.05) is 60.7 Å². The van der Waals surface area contributed by atoms with Crippen LogP contribution >= 0.6 is 0 Å². The van der Waals surface area contributed by atoms with E-state index in [1.165, 1.54) is 0 Å². The van der Waals surface area contributed by atoms with Gasteiger partial charge in [-0.2, -0.15) is 0 Å². The van der Waals surface area contributed by atoms with Crippen molar-refractivity contribution < 1.29 is 45.2 Å². The number of benzene rings is 2. The molecule has 0 aliphatic heterocycles. The van der Waals surface area contributed by atoms with Crippen LogP contribution in [0.25, 0.3) is 0 Å². The van der Waals surface area contributed by atoms with E-state index >= 15 is 0 Å². The fourth-order valence-electron chi connectivity index (χ4n) is 1.35. The molecule has 0 spiro atoms. The van der Waals surface area contributed by atoms with Gasteiger partial charge in [0.25, 0.3) is 0 Å². The van der Waals surface area contributed by atoms with Crippen molar-refractivity contribution in [2.75, 3.05) is 0 Å². The first-order chi connectivity index (χ1) is 6.88. The minimum atomic E-state index is 0. The van der Waals surface area contributed by atoms with Gasteiger partial charge in [-0.15, -0.1) is 0 Å². The molecule has 0 heterocycles. The Morgan fingerprint density at radius 2 is 1.00 bits per heavy atom. The molecule has 0 amide bonds. The average Bonchev–Trinajstić information content (AvgIpc) is 2.30. The summed E-state index contributed by atoms with van der Waals surface area (Å²) in [7, 11) is 0. The summed E-state index contributed by atoms with van der Waals surface area (Å²) in [5.74, 6) is 0.0752. The number of hydrogen-bond donors (Lipinski definition) is 0. The van der Waals surface area contributed by atoms with Gasteiger partial charge in [0.15, 0.2) is 5.78 Å². The van der Waals surface area contributed by atoms with Gasteiger partial charge in [-0.05, 0) is 0 Å². The van der Waals surface area contributed by atoms with Gasteiger partial charge >= 0.3 is 0 Å². The molecule has 2 rings (SSSR count). The maximum Gasteiger partial charge on any atom is 0.193 e. The van der Waals surface area contributed by atoms with Gasteiger partial charge < -0.3 is 0 Å². The molecule has 0 radical (unpaired) electrons. The minimum absolute atomic E-state index is 0. The van der Waals surface area contributed by atoms with Crippen molar-refractivity contribution in [1.29, 1.82) is 0 Å². The zero-order chi connectivity index (χ0) is 9.80. The molecule has 2 heteroatoms. The Balaban J connectivity index is 0.00000112. The van der Waals surface area contributed by atoms with Crippen molar-refractivity contribution in [3.05, 3.63) is 71.8 Å². The molecule has 0 N–H and O–H groups in total. The topological polar surface area (TPSA) is 17.1 Å². The third-order valence-electron chi connectivity index (χ3n) is 2.07. The maximum absolute atomic E-state index is 11.8. The Morgan fingerprint density at radius 1 is 0.667 bits per heavy atom. The van der Waals surface area contributed by atoms with Crippen LogP contribution in [0.3, 0.4) is 0 Å². The van der Waals surface area contributed by atoms with Crippen molar-refractivity contribution in [3.63, 3.8) is 0 Å². The normalized spacial score (nSPS) is 9.07. The Bertz CT molecular complexity index is 381. The quantitative estimate of drug-likeness (QED) is 0.773. The van der Waals surface area contributed by atoms with Crippen LogP contribution in [0.2, 0.25) is 0 Å². The largest absolute Gasteiger partial charge is 0.289 e. The second-order valence-corrected chi connectivity index (χ2v) is 3.06. The van der Waals surface area contributed by atoms with Crippen LogP contribution in [0, 0.1) is 40.4 Å². The summed E-state index contributed by atoms with van der Waals surface area (Å²) in [6, 6.07) is 18.6. The first-order valence-corrected chi connectivity index (χ1v) is 4.53. The van der Waals surface area contributed by atoms with E-state index in [0.29, 0.717) is 0 Å². The smallest absolute Gasteiger partial charge is 0.193 e. The third kappa shape index (κ3) is 3.21. The Kier molecular flexibility index (Phi) is 5.11. The molecule has 2 aromatic carbocycles. The average molecular weight is 333 g/mol. The van der Waals surface area contributed by atoms with Gasteiger partial charge in [-0.25, -0.2) is 0 Å². The second kappa shape index (κ2) is 6.12. The molecule has 74 valence electrons. The molecule has 0 bridgehead atoms. The van der Waals surface area contributed by atoms with Crippen LogP contribution in [-0.4, -0.2) is 5.78 Å².